The van der Waals surface area contributed by atoms with E-state index in [1.807, 2.05) is 42.5 Å². The van der Waals surface area contributed by atoms with E-state index in [4.69, 9.17) is 9.73 Å². The lowest BCUT2D eigenvalue weighted by Gasteiger charge is -2.32. The number of hydrogen-bond donors (Lipinski definition) is 1. The van der Waals surface area contributed by atoms with Crippen molar-refractivity contribution in [3.8, 4) is 11.8 Å². The number of carbonyl (C=O) groups excluding carboxylic acids is 2. The molecule has 1 N–H and O–H groups in total. The molecule has 0 aromatic heterocycles. The van der Waals surface area contributed by atoms with Crippen molar-refractivity contribution in [2.45, 2.75) is 12.3 Å². The summed E-state index contributed by atoms with van der Waals surface area (Å²) in [6.45, 7) is 4.73. The van der Waals surface area contributed by atoms with Crippen molar-refractivity contribution < 1.29 is 14.3 Å². The van der Waals surface area contributed by atoms with Crippen LogP contribution in [0.1, 0.15) is 28.2 Å². The minimum Gasteiger partial charge on any atom is -0.493 e. The van der Waals surface area contributed by atoms with Gasteiger partial charge < -0.3 is 19.9 Å². The SMILES string of the molecule is CN1CCN(CC(=O)N(C)c2ccc(N=C(c3ccc4c(c3)CCO4)C3C(=O)Nc4cc(C#N)ccc43)cc2)CC1. The molecule has 1 fully saturated rings. The Morgan fingerprint density at radius 3 is 2.63 bits per heavy atom. The van der Waals surface area contributed by atoms with Crippen LogP contribution in [-0.4, -0.2) is 80.8 Å². The van der Waals surface area contributed by atoms with E-state index in [-0.39, 0.29) is 11.8 Å². The number of anilines is 2. The van der Waals surface area contributed by atoms with E-state index < -0.39 is 5.92 Å². The lowest BCUT2D eigenvalue weighted by molar-refractivity contribution is -0.120. The van der Waals surface area contributed by atoms with Gasteiger partial charge in [0.1, 0.15) is 11.7 Å². The van der Waals surface area contributed by atoms with Crippen molar-refractivity contribution in [2.24, 2.45) is 4.99 Å². The minimum absolute atomic E-state index is 0.0443. The van der Waals surface area contributed by atoms with Gasteiger partial charge in [0, 0.05) is 51.0 Å². The van der Waals surface area contributed by atoms with Gasteiger partial charge in [0.25, 0.3) is 0 Å². The highest BCUT2D eigenvalue weighted by atomic mass is 16.5. The van der Waals surface area contributed by atoms with E-state index in [1.54, 1.807) is 24.1 Å². The summed E-state index contributed by atoms with van der Waals surface area (Å²) in [6.07, 6.45) is 0.804. The lowest BCUT2D eigenvalue weighted by atomic mass is 9.89. The zero-order valence-corrected chi connectivity index (χ0v) is 23.3. The summed E-state index contributed by atoms with van der Waals surface area (Å²) in [6, 6.07) is 20.8. The fourth-order valence-electron chi connectivity index (χ4n) is 5.58. The molecule has 208 valence electrons. The molecule has 1 saturated heterocycles. The predicted octanol–water partition coefficient (Wildman–Crippen LogP) is 3.56. The number of amides is 2. The lowest BCUT2D eigenvalue weighted by Crippen LogP contribution is -2.48. The number of carbonyl (C=O) groups is 2. The van der Waals surface area contributed by atoms with Gasteiger partial charge in [0.2, 0.25) is 11.8 Å². The van der Waals surface area contributed by atoms with Gasteiger partial charge in [-0.2, -0.15) is 5.26 Å². The molecule has 9 heteroatoms. The first-order chi connectivity index (χ1) is 19.9. The fourth-order valence-corrected chi connectivity index (χ4v) is 5.58. The molecular formula is C32H32N6O3. The normalized spacial score (nSPS) is 18.7. The standard InChI is InChI=1S/C32H32N6O3/c1-36-12-14-38(15-13-36)20-29(39)37(2)25-7-5-24(6-8-25)34-31(23-4-10-28-22(18-23)11-16-41-28)30-26-9-3-21(19-33)17-27(26)35-32(30)40/h3-10,17-18,30H,11-16,20H2,1-2H3,(H,35,40). The maximum absolute atomic E-state index is 13.3. The molecule has 0 radical (unpaired) electrons. The summed E-state index contributed by atoms with van der Waals surface area (Å²) in [4.78, 5) is 37.4. The Morgan fingerprint density at radius 2 is 1.88 bits per heavy atom. The maximum Gasteiger partial charge on any atom is 0.240 e. The number of likely N-dealkylation sites (N-methyl/N-ethyl adjacent to an activating group) is 2. The summed E-state index contributed by atoms with van der Waals surface area (Å²) in [7, 11) is 3.89. The number of nitrogens with zero attached hydrogens (tertiary/aromatic N) is 5. The molecule has 0 spiro atoms. The molecule has 0 aliphatic carbocycles. The van der Waals surface area contributed by atoms with Crippen LogP contribution in [0.2, 0.25) is 0 Å². The second-order valence-electron chi connectivity index (χ2n) is 10.8. The number of nitrogens with one attached hydrogen (secondary N) is 1. The third-order valence-electron chi connectivity index (χ3n) is 8.09. The van der Waals surface area contributed by atoms with Crippen molar-refractivity contribution in [2.75, 3.05) is 63.6 Å². The second kappa shape index (κ2) is 11.2. The zero-order chi connectivity index (χ0) is 28.5. The molecule has 41 heavy (non-hydrogen) atoms. The molecule has 3 aliphatic heterocycles. The van der Waals surface area contributed by atoms with Crippen molar-refractivity contribution in [3.05, 3.63) is 82.9 Å². The minimum atomic E-state index is -0.634. The van der Waals surface area contributed by atoms with Crippen LogP contribution in [0.5, 0.6) is 5.75 Å². The first-order valence-corrected chi connectivity index (χ1v) is 13.9. The summed E-state index contributed by atoms with van der Waals surface area (Å²) in [5, 5.41) is 12.3. The zero-order valence-electron chi connectivity index (χ0n) is 23.3. The highest BCUT2D eigenvalue weighted by Gasteiger charge is 2.36. The summed E-state index contributed by atoms with van der Waals surface area (Å²) >= 11 is 0. The van der Waals surface area contributed by atoms with Gasteiger partial charge in [-0.05, 0) is 78.3 Å². The summed E-state index contributed by atoms with van der Waals surface area (Å²) < 4.78 is 5.70. The largest absolute Gasteiger partial charge is 0.493 e. The van der Waals surface area contributed by atoms with Gasteiger partial charge in [-0.15, -0.1) is 0 Å². The van der Waals surface area contributed by atoms with Gasteiger partial charge >= 0.3 is 0 Å². The smallest absolute Gasteiger partial charge is 0.240 e. The highest BCUT2D eigenvalue weighted by Crippen LogP contribution is 2.38. The average Bonchev–Trinajstić information content (AvgIpc) is 3.59. The number of piperazine rings is 1. The average molecular weight is 549 g/mol. The molecule has 1 unspecified atom stereocenters. The summed E-state index contributed by atoms with van der Waals surface area (Å²) in [5.74, 6) is 0.0848. The number of nitriles is 1. The Bertz CT molecular complexity index is 1570. The Balaban J connectivity index is 1.30. The van der Waals surface area contributed by atoms with E-state index in [0.29, 0.717) is 35.8 Å². The second-order valence-corrected chi connectivity index (χ2v) is 10.8. The predicted molar refractivity (Wildman–Crippen MR) is 158 cm³/mol. The van der Waals surface area contributed by atoms with Crippen molar-refractivity contribution in [1.82, 2.24) is 9.80 Å². The molecular weight excluding hydrogens is 516 g/mol. The van der Waals surface area contributed by atoms with Crippen molar-refractivity contribution in [1.29, 1.82) is 5.26 Å². The molecule has 0 saturated carbocycles. The van der Waals surface area contributed by atoms with E-state index in [2.05, 4.69) is 34.3 Å². The molecule has 6 rings (SSSR count). The van der Waals surface area contributed by atoms with E-state index >= 15 is 0 Å². The van der Waals surface area contributed by atoms with Crippen LogP contribution in [0.4, 0.5) is 17.1 Å². The molecule has 3 heterocycles. The number of fused-ring (bicyclic) bond motifs is 2. The first kappa shape index (κ1) is 26.7. The third-order valence-corrected chi connectivity index (χ3v) is 8.09. The fraction of sp³-hybridized carbons (Fsp3) is 0.312. The van der Waals surface area contributed by atoms with Gasteiger partial charge in [0.15, 0.2) is 0 Å². The quantitative estimate of drug-likeness (QED) is 0.473. The third kappa shape index (κ3) is 5.44. The van der Waals surface area contributed by atoms with Gasteiger partial charge in [-0.1, -0.05) is 6.07 Å². The van der Waals surface area contributed by atoms with Crippen LogP contribution in [0.3, 0.4) is 0 Å². The van der Waals surface area contributed by atoms with Crippen molar-refractivity contribution >= 4 is 34.6 Å². The Morgan fingerprint density at radius 1 is 1.10 bits per heavy atom. The van der Waals surface area contributed by atoms with Gasteiger partial charge in [0.05, 0.1) is 36.2 Å². The highest BCUT2D eigenvalue weighted by molar-refractivity contribution is 6.24. The molecule has 3 aromatic rings. The number of rotatable bonds is 6. The Kier molecular flexibility index (Phi) is 7.26. The molecule has 3 aromatic carbocycles. The topological polar surface area (TPSA) is 101 Å². The molecule has 2 amide bonds. The molecule has 0 bridgehead atoms. The molecule has 1 atom stereocenters. The van der Waals surface area contributed by atoms with Crippen LogP contribution in [0.25, 0.3) is 0 Å². The number of benzene rings is 3. The van der Waals surface area contributed by atoms with Crippen LogP contribution < -0.4 is 15.0 Å². The number of ether oxygens (including phenoxy) is 1. The number of aliphatic imine (C=N–C) groups is 1. The summed E-state index contributed by atoms with van der Waals surface area (Å²) in [5.41, 5.74) is 5.91. The van der Waals surface area contributed by atoms with Gasteiger partial charge in [-0.25, -0.2) is 0 Å². The number of hydrogen-bond acceptors (Lipinski definition) is 7. The molecule has 3 aliphatic rings. The van der Waals surface area contributed by atoms with Crippen molar-refractivity contribution in [3.63, 3.8) is 0 Å². The van der Waals surface area contributed by atoms with Crippen LogP contribution in [0.15, 0.2) is 65.7 Å². The van der Waals surface area contributed by atoms with Crippen LogP contribution >= 0.6 is 0 Å². The van der Waals surface area contributed by atoms with Crippen LogP contribution in [0, 0.1) is 11.3 Å². The van der Waals surface area contributed by atoms with E-state index in [9.17, 15) is 14.9 Å². The Labute approximate surface area is 239 Å². The van der Waals surface area contributed by atoms with E-state index in [1.165, 1.54) is 0 Å². The first-order valence-electron chi connectivity index (χ1n) is 13.9. The Hall–Kier alpha value is -4.52. The van der Waals surface area contributed by atoms with Crippen LogP contribution in [-0.2, 0) is 16.0 Å². The maximum atomic E-state index is 13.3. The monoisotopic (exact) mass is 548 g/mol. The molecule has 9 nitrogen and oxygen atoms in total. The van der Waals surface area contributed by atoms with E-state index in [0.717, 1.165) is 60.7 Å². The van der Waals surface area contributed by atoms with Gasteiger partial charge in [-0.3, -0.25) is 19.5 Å².